The average Bonchev–Trinajstić information content (AvgIpc) is 2.18. The van der Waals surface area contributed by atoms with E-state index in [0.717, 1.165) is 0 Å². The Bertz CT molecular complexity index is 217. The van der Waals surface area contributed by atoms with Crippen LogP contribution in [0.1, 0.15) is 27.2 Å². The van der Waals surface area contributed by atoms with Crippen LogP contribution in [0, 0.1) is 0 Å². The van der Waals surface area contributed by atoms with Gasteiger partial charge in [0.05, 0.1) is 11.2 Å². The molecule has 1 saturated heterocycles. The van der Waals surface area contributed by atoms with Crippen molar-refractivity contribution in [3.05, 3.63) is 0 Å². The van der Waals surface area contributed by atoms with Gasteiger partial charge < -0.3 is 10.5 Å². The molecule has 1 atom stereocenters. The number of carbonyl (C=O) groups is 1. The standard InChI is InChI=1S/C8H17N3O2/c1-7(2)10-6(12)8(3,11-7)4-5-9-13/h9,11,13H,4-5H2,1-3H3,(H,10,12). The van der Waals surface area contributed by atoms with Crippen LogP contribution in [0.4, 0.5) is 0 Å². The number of hydrogen-bond donors (Lipinski definition) is 4. The van der Waals surface area contributed by atoms with Crippen LogP contribution in [0.15, 0.2) is 0 Å². The lowest BCUT2D eigenvalue weighted by Crippen LogP contribution is -2.49. The summed E-state index contributed by atoms with van der Waals surface area (Å²) in [4.78, 5) is 11.5. The Balaban J connectivity index is 2.64. The monoisotopic (exact) mass is 187 g/mol. The molecule has 0 radical (unpaired) electrons. The molecule has 0 bridgehead atoms. The maximum absolute atomic E-state index is 11.5. The lowest BCUT2D eigenvalue weighted by molar-refractivity contribution is -0.124. The lowest BCUT2D eigenvalue weighted by atomic mass is 9.98. The van der Waals surface area contributed by atoms with Crippen molar-refractivity contribution in [2.24, 2.45) is 0 Å². The van der Waals surface area contributed by atoms with Gasteiger partial charge in [-0.15, -0.1) is 0 Å². The maximum atomic E-state index is 11.5. The summed E-state index contributed by atoms with van der Waals surface area (Å²) in [6.07, 6.45) is 0.554. The Morgan fingerprint density at radius 2 is 2.08 bits per heavy atom. The third kappa shape index (κ3) is 2.18. The zero-order chi connectivity index (χ0) is 10.1. The maximum Gasteiger partial charge on any atom is 0.241 e. The Morgan fingerprint density at radius 1 is 1.46 bits per heavy atom. The summed E-state index contributed by atoms with van der Waals surface area (Å²) in [5.41, 5.74) is 1.10. The minimum absolute atomic E-state index is 0.0206. The molecule has 76 valence electrons. The van der Waals surface area contributed by atoms with Gasteiger partial charge in [-0.25, -0.2) is 5.48 Å². The number of carbonyl (C=O) groups excluding carboxylic acids is 1. The Hall–Kier alpha value is -0.650. The number of rotatable bonds is 3. The van der Waals surface area contributed by atoms with Gasteiger partial charge in [-0.1, -0.05) is 0 Å². The Kier molecular flexibility index (Phi) is 2.61. The molecule has 0 saturated carbocycles. The largest absolute Gasteiger partial charge is 0.337 e. The molecule has 1 aliphatic rings. The normalized spacial score (nSPS) is 31.8. The lowest BCUT2D eigenvalue weighted by Gasteiger charge is -2.24. The highest BCUT2D eigenvalue weighted by molar-refractivity contribution is 5.88. The van der Waals surface area contributed by atoms with Gasteiger partial charge in [0.2, 0.25) is 5.91 Å². The molecule has 5 nitrogen and oxygen atoms in total. The second kappa shape index (κ2) is 3.25. The minimum Gasteiger partial charge on any atom is -0.337 e. The molecule has 1 unspecified atom stereocenters. The highest BCUT2D eigenvalue weighted by Gasteiger charge is 2.45. The third-order valence-electron chi connectivity index (χ3n) is 2.25. The van der Waals surface area contributed by atoms with Gasteiger partial charge in [0.25, 0.3) is 0 Å². The first-order valence-corrected chi connectivity index (χ1v) is 4.38. The van der Waals surface area contributed by atoms with E-state index in [1.807, 2.05) is 26.3 Å². The molecular formula is C8H17N3O2. The second-order valence-corrected chi connectivity index (χ2v) is 4.19. The van der Waals surface area contributed by atoms with Crippen molar-refractivity contribution in [1.29, 1.82) is 0 Å². The molecule has 5 heteroatoms. The van der Waals surface area contributed by atoms with E-state index in [1.54, 1.807) is 0 Å². The SMILES string of the molecule is CC1(C)NC(=O)C(C)(CCNO)N1. The fraction of sp³-hybridized carbons (Fsp3) is 0.875. The fourth-order valence-electron chi connectivity index (χ4n) is 1.68. The van der Waals surface area contributed by atoms with Crippen LogP contribution in [0.5, 0.6) is 0 Å². The topological polar surface area (TPSA) is 73.4 Å². The Labute approximate surface area is 77.8 Å². The van der Waals surface area contributed by atoms with Gasteiger partial charge in [0.15, 0.2) is 0 Å². The number of nitrogens with one attached hydrogen (secondary N) is 3. The summed E-state index contributed by atoms with van der Waals surface area (Å²) in [5, 5.41) is 14.5. The second-order valence-electron chi connectivity index (χ2n) is 4.19. The predicted octanol–water partition coefficient (Wildman–Crippen LogP) is -0.430. The van der Waals surface area contributed by atoms with E-state index < -0.39 is 5.54 Å². The molecule has 0 aromatic rings. The first kappa shape index (κ1) is 10.4. The van der Waals surface area contributed by atoms with Gasteiger partial charge in [-0.05, 0) is 27.2 Å². The highest BCUT2D eigenvalue weighted by Crippen LogP contribution is 2.20. The van der Waals surface area contributed by atoms with Crippen molar-refractivity contribution in [3.8, 4) is 0 Å². The van der Waals surface area contributed by atoms with Crippen molar-refractivity contribution >= 4 is 5.91 Å². The van der Waals surface area contributed by atoms with Gasteiger partial charge in [0, 0.05) is 6.54 Å². The van der Waals surface area contributed by atoms with Gasteiger partial charge in [-0.3, -0.25) is 10.1 Å². The fourth-order valence-corrected chi connectivity index (χ4v) is 1.68. The molecule has 0 aromatic carbocycles. The van der Waals surface area contributed by atoms with Crippen molar-refractivity contribution in [1.82, 2.24) is 16.1 Å². The van der Waals surface area contributed by atoms with Crippen LogP contribution in [-0.4, -0.2) is 28.9 Å². The van der Waals surface area contributed by atoms with Crippen molar-refractivity contribution in [3.63, 3.8) is 0 Å². The van der Waals surface area contributed by atoms with E-state index in [-0.39, 0.29) is 11.6 Å². The number of hydroxylamine groups is 1. The first-order valence-electron chi connectivity index (χ1n) is 4.38. The summed E-state index contributed by atoms with van der Waals surface area (Å²) >= 11 is 0. The van der Waals surface area contributed by atoms with E-state index in [0.29, 0.717) is 13.0 Å². The van der Waals surface area contributed by atoms with Crippen LogP contribution in [0.25, 0.3) is 0 Å². The van der Waals surface area contributed by atoms with E-state index in [4.69, 9.17) is 5.21 Å². The van der Waals surface area contributed by atoms with Crippen LogP contribution >= 0.6 is 0 Å². The van der Waals surface area contributed by atoms with E-state index in [9.17, 15) is 4.79 Å². The molecule has 0 aliphatic carbocycles. The predicted molar refractivity (Wildman–Crippen MR) is 48.2 cm³/mol. The quantitative estimate of drug-likeness (QED) is 0.452. The van der Waals surface area contributed by atoms with Gasteiger partial charge >= 0.3 is 0 Å². The number of hydrogen-bond acceptors (Lipinski definition) is 4. The van der Waals surface area contributed by atoms with Crippen LogP contribution < -0.4 is 16.1 Å². The first-order chi connectivity index (χ1) is 5.90. The van der Waals surface area contributed by atoms with Crippen LogP contribution in [0.2, 0.25) is 0 Å². The molecule has 4 N–H and O–H groups in total. The minimum atomic E-state index is -0.584. The molecule has 0 spiro atoms. The van der Waals surface area contributed by atoms with Gasteiger partial charge in [-0.2, -0.15) is 0 Å². The molecule has 1 heterocycles. The van der Waals surface area contributed by atoms with Crippen molar-refractivity contribution in [2.45, 2.75) is 38.4 Å². The summed E-state index contributed by atoms with van der Waals surface area (Å²) in [5.74, 6) is -0.0206. The molecular weight excluding hydrogens is 170 g/mol. The molecule has 1 aliphatic heterocycles. The molecule has 0 aromatic heterocycles. The molecule has 1 fully saturated rings. The molecule has 13 heavy (non-hydrogen) atoms. The number of amides is 1. The third-order valence-corrected chi connectivity index (χ3v) is 2.25. The van der Waals surface area contributed by atoms with E-state index >= 15 is 0 Å². The van der Waals surface area contributed by atoms with Crippen molar-refractivity contribution < 1.29 is 10.0 Å². The van der Waals surface area contributed by atoms with Crippen LogP contribution in [0.3, 0.4) is 0 Å². The summed E-state index contributed by atoms with van der Waals surface area (Å²) in [7, 11) is 0. The Morgan fingerprint density at radius 3 is 2.46 bits per heavy atom. The zero-order valence-electron chi connectivity index (χ0n) is 8.27. The molecule has 1 amide bonds. The zero-order valence-corrected chi connectivity index (χ0v) is 8.27. The summed E-state index contributed by atoms with van der Waals surface area (Å²) in [6, 6.07) is 0. The van der Waals surface area contributed by atoms with Crippen LogP contribution in [-0.2, 0) is 4.79 Å². The van der Waals surface area contributed by atoms with E-state index in [2.05, 4.69) is 10.6 Å². The summed E-state index contributed by atoms with van der Waals surface area (Å²) in [6.45, 7) is 6.03. The highest BCUT2D eigenvalue weighted by atomic mass is 16.5. The average molecular weight is 187 g/mol. The summed E-state index contributed by atoms with van der Waals surface area (Å²) < 4.78 is 0. The van der Waals surface area contributed by atoms with Gasteiger partial charge in [0.1, 0.15) is 0 Å². The van der Waals surface area contributed by atoms with Crippen molar-refractivity contribution in [2.75, 3.05) is 6.54 Å². The smallest absolute Gasteiger partial charge is 0.241 e. The molecule has 1 rings (SSSR count). The van der Waals surface area contributed by atoms with E-state index in [1.165, 1.54) is 0 Å².